The molecule has 0 aromatic carbocycles. The zero-order valence-electron chi connectivity index (χ0n) is 33.1. The van der Waals surface area contributed by atoms with Gasteiger partial charge in [-0.3, -0.25) is 14.4 Å². The number of thioether (sulfide) groups is 1. The zero-order chi connectivity index (χ0) is 36.8. The molecule has 7 nitrogen and oxygen atoms in total. The predicted octanol–water partition coefficient (Wildman–Crippen LogP) is 11.7. The third-order valence-corrected chi connectivity index (χ3v) is 10.1. The van der Waals surface area contributed by atoms with Gasteiger partial charge in [0.05, 0.1) is 0 Å². The Kier molecular flexibility index (Phi) is 37.0. The first-order valence-electron chi connectivity index (χ1n) is 20.7. The number of amides is 1. The Labute approximate surface area is 313 Å². The van der Waals surface area contributed by atoms with Gasteiger partial charge in [-0.2, -0.15) is 0 Å². The van der Waals surface area contributed by atoms with E-state index in [0.717, 1.165) is 122 Å². The molecule has 0 heterocycles. The van der Waals surface area contributed by atoms with Crippen LogP contribution in [0.3, 0.4) is 0 Å². The topological polar surface area (TPSA) is 76.1 Å². The molecule has 1 amide bonds. The molecule has 0 aliphatic heterocycles. The van der Waals surface area contributed by atoms with Gasteiger partial charge in [0, 0.05) is 31.7 Å². The van der Waals surface area contributed by atoms with Crippen molar-refractivity contribution < 1.29 is 23.9 Å². The maximum atomic E-state index is 13.1. The van der Waals surface area contributed by atoms with Crippen molar-refractivity contribution in [3.8, 4) is 0 Å². The number of ether oxygens (including phenoxy) is 2. The highest BCUT2D eigenvalue weighted by atomic mass is 32.2. The summed E-state index contributed by atoms with van der Waals surface area (Å²) in [6, 6.07) is 0. The van der Waals surface area contributed by atoms with Crippen molar-refractivity contribution in [2.45, 2.75) is 175 Å². The van der Waals surface area contributed by atoms with Crippen LogP contribution in [0.15, 0.2) is 24.3 Å². The van der Waals surface area contributed by atoms with Crippen LogP contribution in [0.25, 0.3) is 0 Å². The Hall–Kier alpha value is -1.80. The minimum atomic E-state index is -0.105. The highest BCUT2D eigenvalue weighted by molar-refractivity contribution is 8.13. The van der Waals surface area contributed by atoms with Crippen LogP contribution < -0.4 is 0 Å². The maximum Gasteiger partial charge on any atom is 0.306 e. The molecule has 0 aromatic heterocycles. The van der Waals surface area contributed by atoms with Crippen LogP contribution in [-0.4, -0.2) is 78.7 Å². The molecule has 0 aliphatic carbocycles. The van der Waals surface area contributed by atoms with Crippen LogP contribution in [0.2, 0.25) is 0 Å². The lowest BCUT2D eigenvalue weighted by Crippen LogP contribution is -2.30. The van der Waals surface area contributed by atoms with Crippen LogP contribution in [-0.2, 0) is 19.1 Å². The largest absolute Gasteiger partial charge is 0.461 e. The first kappa shape index (κ1) is 48.2. The molecule has 292 valence electrons. The van der Waals surface area contributed by atoms with Crippen LogP contribution in [0.5, 0.6) is 0 Å². The number of rotatable bonds is 36. The van der Waals surface area contributed by atoms with Gasteiger partial charge < -0.3 is 19.3 Å². The molecule has 8 heteroatoms. The molecule has 0 unspecified atom stereocenters. The summed E-state index contributed by atoms with van der Waals surface area (Å²) < 4.78 is 10.7. The summed E-state index contributed by atoms with van der Waals surface area (Å²) in [6.07, 6.45) is 32.3. The summed E-state index contributed by atoms with van der Waals surface area (Å²) in [6.45, 7) is 14.3. The summed E-state index contributed by atoms with van der Waals surface area (Å²) in [5.74, 6) is 0.653. The second-order valence-electron chi connectivity index (χ2n) is 13.5. The molecule has 0 bridgehead atoms. The summed E-state index contributed by atoms with van der Waals surface area (Å²) in [4.78, 5) is 41.7. The zero-order valence-corrected chi connectivity index (χ0v) is 33.9. The molecule has 0 spiro atoms. The van der Waals surface area contributed by atoms with E-state index in [9.17, 15) is 14.4 Å². The molecule has 0 saturated carbocycles. The smallest absolute Gasteiger partial charge is 0.306 e. The molecular weight excluding hydrogens is 645 g/mol. The van der Waals surface area contributed by atoms with Gasteiger partial charge in [-0.25, -0.2) is 0 Å². The van der Waals surface area contributed by atoms with E-state index < -0.39 is 0 Å². The van der Waals surface area contributed by atoms with Gasteiger partial charge in [0.15, 0.2) is 0 Å². The van der Waals surface area contributed by atoms with E-state index in [-0.39, 0.29) is 17.2 Å². The van der Waals surface area contributed by atoms with E-state index in [4.69, 9.17) is 9.47 Å². The van der Waals surface area contributed by atoms with E-state index in [1.807, 2.05) is 12.2 Å². The summed E-state index contributed by atoms with van der Waals surface area (Å²) in [5, 5.41) is 0.208. The molecule has 0 N–H and O–H groups in total. The van der Waals surface area contributed by atoms with Gasteiger partial charge in [0.25, 0.3) is 5.24 Å². The first-order chi connectivity index (χ1) is 24.5. The minimum absolute atomic E-state index is 0.105. The van der Waals surface area contributed by atoms with Crippen LogP contribution in [0.4, 0.5) is 4.79 Å². The Morgan fingerprint density at radius 3 is 1.40 bits per heavy atom. The van der Waals surface area contributed by atoms with Crippen LogP contribution in [0, 0.1) is 0 Å². The molecule has 50 heavy (non-hydrogen) atoms. The van der Waals surface area contributed by atoms with Gasteiger partial charge in [-0.15, -0.1) is 0 Å². The van der Waals surface area contributed by atoms with Crippen LogP contribution >= 0.6 is 11.8 Å². The van der Waals surface area contributed by atoms with E-state index in [0.29, 0.717) is 26.1 Å². The fourth-order valence-corrected chi connectivity index (χ4v) is 6.57. The molecule has 0 fully saturated rings. The second kappa shape index (κ2) is 38.4. The number of allylic oxidation sites excluding steroid dienone is 2. The standard InChI is InChI=1S/C42H78N2O5S/c1-5-9-11-13-15-23-29-37-48-40(45)32-25-19-17-21-27-35-44(42(47)50-39-31-34-43(7-3)8-4)36-28-22-18-20-26-33-41(46)49-38-30-24-16-14-12-10-6-2/h23-24,29-30H,5-22,25-28,31-39H2,1-4H3/b29-23-,30-24-. The maximum absolute atomic E-state index is 13.1. The minimum Gasteiger partial charge on any atom is -0.461 e. The molecular formula is C42H78N2O5S. The molecule has 0 aliphatic rings. The third kappa shape index (κ3) is 33.3. The number of nitrogens with zero attached hydrogens (tertiary/aromatic N) is 2. The Morgan fingerprint density at radius 2 is 0.940 bits per heavy atom. The molecule has 0 atom stereocenters. The number of carbonyl (C=O) groups excluding carboxylic acids is 3. The van der Waals surface area contributed by atoms with Gasteiger partial charge in [0.1, 0.15) is 13.2 Å². The quantitative estimate of drug-likeness (QED) is 0.0362. The van der Waals surface area contributed by atoms with Gasteiger partial charge in [-0.1, -0.05) is 141 Å². The van der Waals surface area contributed by atoms with Gasteiger partial charge in [-0.05, 0) is 77.4 Å². The van der Waals surface area contributed by atoms with Gasteiger partial charge >= 0.3 is 11.9 Å². The number of unbranched alkanes of at least 4 members (excludes halogenated alkanes) is 16. The molecule has 0 radical (unpaired) electrons. The first-order valence-corrected chi connectivity index (χ1v) is 21.7. The second-order valence-corrected chi connectivity index (χ2v) is 14.6. The van der Waals surface area contributed by atoms with Crippen molar-refractivity contribution in [2.75, 3.05) is 51.7 Å². The fourth-order valence-electron chi connectivity index (χ4n) is 5.75. The highest BCUT2D eigenvalue weighted by Gasteiger charge is 2.14. The molecule has 0 saturated heterocycles. The van der Waals surface area contributed by atoms with E-state index >= 15 is 0 Å². The third-order valence-electron chi connectivity index (χ3n) is 9.08. The number of hydrogen-bond donors (Lipinski definition) is 0. The van der Waals surface area contributed by atoms with Crippen molar-refractivity contribution in [3.05, 3.63) is 24.3 Å². The van der Waals surface area contributed by atoms with Crippen molar-refractivity contribution in [2.24, 2.45) is 0 Å². The number of carbonyl (C=O) groups is 3. The normalized spacial score (nSPS) is 11.6. The van der Waals surface area contributed by atoms with E-state index in [2.05, 4.69) is 49.6 Å². The van der Waals surface area contributed by atoms with Crippen molar-refractivity contribution in [3.63, 3.8) is 0 Å². The Bertz CT molecular complexity index is 794. The summed E-state index contributed by atoms with van der Waals surface area (Å²) >= 11 is 1.47. The highest BCUT2D eigenvalue weighted by Crippen LogP contribution is 2.16. The van der Waals surface area contributed by atoms with Crippen LogP contribution in [0.1, 0.15) is 175 Å². The average Bonchev–Trinajstić information content (AvgIpc) is 3.12. The Balaban J connectivity index is 4.24. The number of esters is 2. The average molecular weight is 723 g/mol. The lowest BCUT2D eigenvalue weighted by atomic mass is 10.1. The Morgan fingerprint density at radius 1 is 0.500 bits per heavy atom. The lowest BCUT2D eigenvalue weighted by molar-refractivity contribution is -0.143. The predicted molar refractivity (Wildman–Crippen MR) is 215 cm³/mol. The SMILES string of the molecule is CCCCCC/C=C\COC(=O)CCCCCCCN(CCCCCCCC(=O)OC/C=C\CCCCCC)C(=O)SCCCN(CC)CC. The van der Waals surface area contributed by atoms with Crippen molar-refractivity contribution in [1.82, 2.24) is 9.80 Å². The summed E-state index contributed by atoms with van der Waals surface area (Å²) in [7, 11) is 0. The lowest BCUT2D eigenvalue weighted by Gasteiger charge is -2.23. The molecule has 0 aromatic rings. The van der Waals surface area contributed by atoms with Crippen molar-refractivity contribution in [1.29, 1.82) is 0 Å². The van der Waals surface area contributed by atoms with Crippen molar-refractivity contribution >= 4 is 28.9 Å². The van der Waals surface area contributed by atoms with E-state index in [1.165, 1.54) is 63.1 Å². The summed E-state index contributed by atoms with van der Waals surface area (Å²) in [5.41, 5.74) is 0. The molecule has 0 rings (SSSR count). The monoisotopic (exact) mass is 723 g/mol. The van der Waals surface area contributed by atoms with E-state index in [1.54, 1.807) is 0 Å². The van der Waals surface area contributed by atoms with Gasteiger partial charge in [0.2, 0.25) is 0 Å². The fraction of sp³-hybridized carbons (Fsp3) is 0.833. The number of hydrogen-bond acceptors (Lipinski definition) is 7.